The number of nitro groups is 1. The summed E-state index contributed by atoms with van der Waals surface area (Å²) >= 11 is 0. The Hall–Kier alpha value is -3.81. The molecular formula is C17H10N2O6. The largest absolute Gasteiger partial charge is 0.477 e. The topological polar surface area (TPSA) is 120 Å². The van der Waals surface area contributed by atoms with E-state index in [0.29, 0.717) is 5.39 Å². The molecule has 0 saturated heterocycles. The smallest absolute Gasteiger partial charge is 0.341 e. The van der Waals surface area contributed by atoms with Crippen LogP contribution in [0.4, 0.5) is 5.69 Å². The molecule has 124 valence electrons. The van der Waals surface area contributed by atoms with Crippen molar-refractivity contribution in [2.45, 2.75) is 0 Å². The minimum Gasteiger partial charge on any atom is -0.477 e. The van der Waals surface area contributed by atoms with E-state index in [1.54, 1.807) is 18.2 Å². The number of nitrogens with zero attached hydrogens (tertiary/aromatic N) is 2. The molecule has 0 spiro atoms. The van der Waals surface area contributed by atoms with Gasteiger partial charge in [0.1, 0.15) is 5.56 Å². The zero-order valence-electron chi connectivity index (χ0n) is 12.6. The van der Waals surface area contributed by atoms with Crippen LogP contribution in [0.3, 0.4) is 0 Å². The number of aromatic carboxylic acids is 1. The molecule has 25 heavy (non-hydrogen) atoms. The Labute approximate surface area is 139 Å². The second-order valence-corrected chi connectivity index (χ2v) is 5.17. The Morgan fingerprint density at radius 3 is 2.28 bits per heavy atom. The van der Waals surface area contributed by atoms with Crippen LogP contribution in [0.2, 0.25) is 0 Å². The summed E-state index contributed by atoms with van der Waals surface area (Å²) in [4.78, 5) is 46.6. The lowest BCUT2D eigenvalue weighted by atomic mass is 10.1. The summed E-state index contributed by atoms with van der Waals surface area (Å²) < 4.78 is 0.764. The van der Waals surface area contributed by atoms with E-state index >= 15 is 0 Å². The lowest BCUT2D eigenvalue weighted by molar-refractivity contribution is -0.384. The molecule has 0 atom stereocenters. The minimum atomic E-state index is -1.44. The second-order valence-electron chi connectivity index (χ2n) is 5.17. The fraction of sp³-hybridized carbons (Fsp3) is 0. The number of para-hydroxylation sites is 1. The van der Waals surface area contributed by atoms with Gasteiger partial charge in [-0.3, -0.25) is 19.7 Å². The molecule has 0 unspecified atom stereocenters. The molecule has 0 radical (unpaired) electrons. The molecule has 0 amide bonds. The van der Waals surface area contributed by atoms with Crippen LogP contribution in [-0.4, -0.2) is 26.5 Å². The number of hydrogen-bond acceptors (Lipinski definition) is 5. The number of fused-ring (bicyclic) bond motifs is 1. The lowest BCUT2D eigenvalue weighted by Gasteiger charge is -2.10. The normalized spacial score (nSPS) is 10.6. The SMILES string of the molecule is O=C(O)c1cc2ccccc2n(C(=O)c2ccc([N+](=O)[O-])cc2)c1=O. The van der Waals surface area contributed by atoms with Gasteiger partial charge in [-0.2, -0.15) is 0 Å². The summed E-state index contributed by atoms with van der Waals surface area (Å²) in [5.74, 6) is -2.21. The molecule has 8 heteroatoms. The quantitative estimate of drug-likeness (QED) is 0.578. The first-order chi connectivity index (χ1) is 11.9. The molecule has 0 aliphatic heterocycles. The van der Waals surface area contributed by atoms with Gasteiger partial charge in [-0.15, -0.1) is 0 Å². The third kappa shape index (κ3) is 2.76. The molecule has 0 aliphatic rings. The molecule has 1 N–H and O–H groups in total. The highest BCUT2D eigenvalue weighted by atomic mass is 16.6. The number of carbonyl (C=O) groups excluding carboxylic acids is 1. The maximum Gasteiger partial charge on any atom is 0.341 e. The highest BCUT2D eigenvalue weighted by Gasteiger charge is 2.20. The van der Waals surface area contributed by atoms with Crippen molar-refractivity contribution < 1.29 is 19.6 Å². The summed E-state index contributed by atoms with van der Waals surface area (Å²) in [5, 5.41) is 20.3. The fourth-order valence-electron chi connectivity index (χ4n) is 2.47. The molecule has 1 aromatic heterocycles. The molecule has 0 fully saturated rings. The number of rotatable bonds is 3. The molecule has 3 aromatic rings. The Balaban J connectivity index is 2.25. The number of carboxylic acids is 1. The van der Waals surface area contributed by atoms with E-state index < -0.39 is 27.9 Å². The van der Waals surface area contributed by atoms with Gasteiger partial charge < -0.3 is 5.11 Å². The first-order valence-electron chi connectivity index (χ1n) is 7.07. The van der Waals surface area contributed by atoms with Crippen molar-refractivity contribution in [1.82, 2.24) is 4.57 Å². The van der Waals surface area contributed by atoms with Gasteiger partial charge in [0.15, 0.2) is 0 Å². The summed E-state index contributed by atoms with van der Waals surface area (Å²) in [6, 6.07) is 12.3. The third-order valence-corrected chi connectivity index (χ3v) is 3.67. The van der Waals surface area contributed by atoms with Gasteiger partial charge in [0, 0.05) is 17.7 Å². The summed E-state index contributed by atoms with van der Waals surface area (Å²) in [6.07, 6.45) is 0. The highest BCUT2D eigenvalue weighted by molar-refractivity contribution is 6.03. The number of carbonyl (C=O) groups is 2. The average Bonchev–Trinajstić information content (AvgIpc) is 2.60. The number of hydrogen-bond donors (Lipinski definition) is 1. The van der Waals surface area contributed by atoms with Gasteiger partial charge in [0.2, 0.25) is 0 Å². The van der Waals surface area contributed by atoms with Crippen LogP contribution in [0, 0.1) is 10.1 Å². The Morgan fingerprint density at radius 1 is 1.04 bits per heavy atom. The van der Waals surface area contributed by atoms with E-state index in [-0.39, 0.29) is 16.8 Å². The van der Waals surface area contributed by atoms with E-state index in [1.807, 2.05) is 0 Å². The van der Waals surface area contributed by atoms with Crippen LogP contribution in [-0.2, 0) is 0 Å². The summed E-state index contributed by atoms with van der Waals surface area (Å²) in [5.41, 5.74) is -1.42. The Bertz CT molecular complexity index is 1080. The van der Waals surface area contributed by atoms with Crippen LogP contribution in [0.25, 0.3) is 10.9 Å². The predicted octanol–water partition coefficient (Wildman–Crippen LogP) is 2.30. The van der Waals surface area contributed by atoms with Crippen molar-refractivity contribution in [1.29, 1.82) is 0 Å². The van der Waals surface area contributed by atoms with Gasteiger partial charge in [-0.05, 0) is 29.7 Å². The van der Waals surface area contributed by atoms with Crippen molar-refractivity contribution in [2.24, 2.45) is 0 Å². The fourth-order valence-corrected chi connectivity index (χ4v) is 2.47. The van der Waals surface area contributed by atoms with Crippen molar-refractivity contribution in [3.8, 4) is 0 Å². The van der Waals surface area contributed by atoms with Gasteiger partial charge >= 0.3 is 5.97 Å². The van der Waals surface area contributed by atoms with Crippen LogP contribution in [0.1, 0.15) is 20.7 Å². The number of benzene rings is 2. The van der Waals surface area contributed by atoms with Gasteiger partial charge in [-0.25, -0.2) is 9.36 Å². The van der Waals surface area contributed by atoms with Crippen molar-refractivity contribution >= 4 is 28.5 Å². The molecule has 8 nitrogen and oxygen atoms in total. The van der Waals surface area contributed by atoms with Crippen LogP contribution >= 0.6 is 0 Å². The van der Waals surface area contributed by atoms with Crippen LogP contribution < -0.4 is 5.56 Å². The van der Waals surface area contributed by atoms with Crippen LogP contribution in [0.5, 0.6) is 0 Å². The molecule has 0 bridgehead atoms. The van der Waals surface area contributed by atoms with E-state index in [2.05, 4.69) is 0 Å². The highest BCUT2D eigenvalue weighted by Crippen LogP contribution is 2.17. The zero-order valence-corrected chi connectivity index (χ0v) is 12.6. The third-order valence-electron chi connectivity index (χ3n) is 3.67. The minimum absolute atomic E-state index is 0.0281. The van der Waals surface area contributed by atoms with Gasteiger partial charge in [-0.1, -0.05) is 18.2 Å². The Kier molecular flexibility index (Phi) is 3.86. The Morgan fingerprint density at radius 2 is 1.68 bits per heavy atom. The first kappa shape index (κ1) is 16.1. The number of aromatic nitrogens is 1. The maximum absolute atomic E-state index is 12.7. The number of non-ortho nitro benzene ring substituents is 1. The molecule has 1 heterocycles. The number of carboxylic acid groups (broad SMARTS) is 1. The van der Waals surface area contributed by atoms with Gasteiger partial charge in [0.25, 0.3) is 17.2 Å². The lowest BCUT2D eigenvalue weighted by Crippen LogP contribution is -2.31. The van der Waals surface area contributed by atoms with Gasteiger partial charge in [0.05, 0.1) is 10.4 Å². The zero-order chi connectivity index (χ0) is 18.1. The van der Waals surface area contributed by atoms with E-state index in [1.165, 1.54) is 24.3 Å². The number of pyridine rings is 1. The van der Waals surface area contributed by atoms with E-state index in [0.717, 1.165) is 16.7 Å². The number of nitro benzene ring substituents is 1. The van der Waals surface area contributed by atoms with Crippen molar-refractivity contribution in [2.75, 3.05) is 0 Å². The predicted molar refractivity (Wildman–Crippen MR) is 88.0 cm³/mol. The standard InChI is InChI=1S/C17H10N2O6/c20-15(10-5-7-12(8-6-10)19(24)25)18-14-4-2-1-3-11(14)9-13(16(18)21)17(22)23/h1-9H,(H,22,23). The monoisotopic (exact) mass is 338 g/mol. The summed E-state index contributed by atoms with van der Waals surface area (Å²) in [6.45, 7) is 0. The molecule has 0 saturated carbocycles. The van der Waals surface area contributed by atoms with Crippen molar-refractivity contribution in [3.05, 3.63) is 86.2 Å². The summed E-state index contributed by atoms with van der Waals surface area (Å²) in [7, 11) is 0. The van der Waals surface area contributed by atoms with Crippen LogP contribution in [0.15, 0.2) is 59.4 Å². The van der Waals surface area contributed by atoms with E-state index in [9.17, 15) is 29.6 Å². The molecule has 3 rings (SSSR count). The average molecular weight is 338 g/mol. The van der Waals surface area contributed by atoms with E-state index in [4.69, 9.17) is 0 Å². The molecule has 2 aromatic carbocycles. The first-order valence-corrected chi connectivity index (χ1v) is 7.07. The second kappa shape index (κ2) is 6.00. The maximum atomic E-state index is 12.7. The molecular weight excluding hydrogens is 328 g/mol. The molecule has 0 aliphatic carbocycles. The van der Waals surface area contributed by atoms with Crippen molar-refractivity contribution in [3.63, 3.8) is 0 Å².